The van der Waals surface area contributed by atoms with Crippen LogP contribution in [0.1, 0.15) is 24.6 Å². The SMILES string of the molecule is CCn1ncc(C2=NO[C@@H](C(=O)Nc3cccnc3Cl)C2)c1C. The van der Waals surface area contributed by atoms with Gasteiger partial charge in [0.25, 0.3) is 5.91 Å². The summed E-state index contributed by atoms with van der Waals surface area (Å²) in [6.45, 7) is 4.77. The van der Waals surface area contributed by atoms with E-state index in [-0.39, 0.29) is 11.1 Å². The maximum Gasteiger partial charge on any atom is 0.268 e. The lowest BCUT2D eigenvalue weighted by Gasteiger charge is -2.10. The van der Waals surface area contributed by atoms with Gasteiger partial charge in [0.15, 0.2) is 5.15 Å². The molecular weight excluding hydrogens is 318 g/mol. The third-order valence-corrected chi connectivity index (χ3v) is 3.99. The summed E-state index contributed by atoms with van der Waals surface area (Å²) in [5.41, 5.74) is 3.08. The lowest BCUT2D eigenvalue weighted by atomic mass is 10.1. The van der Waals surface area contributed by atoms with E-state index >= 15 is 0 Å². The molecule has 0 aliphatic carbocycles. The Morgan fingerprint density at radius 1 is 1.57 bits per heavy atom. The number of halogens is 1. The molecule has 120 valence electrons. The van der Waals surface area contributed by atoms with Gasteiger partial charge in [-0.25, -0.2) is 4.98 Å². The number of anilines is 1. The summed E-state index contributed by atoms with van der Waals surface area (Å²) in [6, 6.07) is 3.38. The van der Waals surface area contributed by atoms with E-state index in [1.165, 1.54) is 0 Å². The molecule has 7 nitrogen and oxygen atoms in total. The molecule has 2 aromatic heterocycles. The van der Waals surface area contributed by atoms with Crippen molar-refractivity contribution >= 4 is 28.9 Å². The van der Waals surface area contributed by atoms with E-state index in [1.54, 1.807) is 24.5 Å². The Balaban J connectivity index is 1.68. The molecule has 0 aromatic carbocycles. The smallest absolute Gasteiger partial charge is 0.268 e. The van der Waals surface area contributed by atoms with Crippen LogP contribution in [0.25, 0.3) is 0 Å². The minimum absolute atomic E-state index is 0.236. The van der Waals surface area contributed by atoms with E-state index in [1.807, 2.05) is 18.5 Å². The molecule has 0 bridgehead atoms. The number of nitrogens with zero attached hydrogens (tertiary/aromatic N) is 4. The molecule has 0 spiro atoms. The van der Waals surface area contributed by atoms with Gasteiger partial charge in [-0.2, -0.15) is 5.10 Å². The zero-order valence-corrected chi connectivity index (χ0v) is 13.5. The first-order valence-electron chi connectivity index (χ1n) is 7.27. The van der Waals surface area contributed by atoms with Gasteiger partial charge in [0.05, 0.1) is 17.6 Å². The number of aromatic nitrogens is 3. The molecule has 3 heterocycles. The van der Waals surface area contributed by atoms with Gasteiger partial charge in [0, 0.05) is 30.4 Å². The zero-order chi connectivity index (χ0) is 16.4. The van der Waals surface area contributed by atoms with Crippen LogP contribution in [-0.2, 0) is 16.2 Å². The maximum atomic E-state index is 12.3. The fraction of sp³-hybridized carbons (Fsp3) is 0.333. The van der Waals surface area contributed by atoms with Crippen molar-refractivity contribution in [3.8, 4) is 0 Å². The number of carbonyl (C=O) groups is 1. The van der Waals surface area contributed by atoms with Crippen molar-refractivity contribution in [1.82, 2.24) is 14.8 Å². The second kappa shape index (κ2) is 6.37. The molecule has 8 heteroatoms. The van der Waals surface area contributed by atoms with Crippen molar-refractivity contribution in [1.29, 1.82) is 0 Å². The number of carbonyl (C=O) groups excluding carboxylic acids is 1. The third kappa shape index (κ3) is 3.05. The average Bonchev–Trinajstić information content (AvgIpc) is 3.16. The summed E-state index contributed by atoms with van der Waals surface area (Å²) in [7, 11) is 0. The molecular formula is C15H16ClN5O2. The second-order valence-electron chi connectivity index (χ2n) is 5.13. The number of hydrogen-bond acceptors (Lipinski definition) is 5. The molecule has 1 atom stereocenters. The van der Waals surface area contributed by atoms with Gasteiger partial charge < -0.3 is 10.2 Å². The van der Waals surface area contributed by atoms with Crippen LogP contribution in [0.3, 0.4) is 0 Å². The van der Waals surface area contributed by atoms with Crippen molar-refractivity contribution in [2.24, 2.45) is 5.16 Å². The number of pyridine rings is 1. The number of oxime groups is 1. The van der Waals surface area contributed by atoms with E-state index in [4.69, 9.17) is 16.4 Å². The third-order valence-electron chi connectivity index (χ3n) is 3.69. The van der Waals surface area contributed by atoms with Crippen molar-refractivity contribution in [3.05, 3.63) is 40.9 Å². The van der Waals surface area contributed by atoms with Gasteiger partial charge in [-0.3, -0.25) is 9.48 Å². The van der Waals surface area contributed by atoms with Crippen LogP contribution in [0.4, 0.5) is 5.69 Å². The van der Waals surface area contributed by atoms with Crippen molar-refractivity contribution < 1.29 is 9.63 Å². The molecule has 1 amide bonds. The van der Waals surface area contributed by atoms with Gasteiger partial charge in [-0.1, -0.05) is 16.8 Å². The summed E-state index contributed by atoms with van der Waals surface area (Å²) in [5.74, 6) is -0.306. The number of rotatable bonds is 4. The monoisotopic (exact) mass is 333 g/mol. The van der Waals surface area contributed by atoms with E-state index in [0.29, 0.717) is 12.1 Å². The molecule has 1 aliphatic rings. The highest BCUT2D eigenvalue weighted by molar-refractivity contribution is 6.32. The Labute approximate surface area is 138 Å². The van der Waals surface area contributed by atoms with Gasteiger partial charge >= 0.3 is 0 Å². The molecule has 1 N–H and O–H groups in total. The predicted molar refractivity (Wildman–Crippen MR) is 86.5 cm³/mol. The quantitative estimate of drug-likeness (QED) is 0.871. The van der Waals surface area contributed by atoms with E-state index in [0.717, 1.165) is 23.5 Å². The fourth-order valence-corrected chi connectivity index (χ4v) is 2.58. The predicted octanol–water partition coefficient (Wildman–Crippen LogP) is 2.39. The standard InChI is InChI=1S/C15H16ClN5O2/c1-3-21-9(2)10(8-18-21)12-7-13(23-20-12)15(22)19-11-5-4-6-17-14(11)16/h4-6,8,13H,3,7H2,1-2H3,(H,19,22)/t13-/m1/s1. The van der Waals surface area contributed by atoms with E-state index in [9.17, 15) is 4.79 Å². The zero-order valence-electron chi connectivity index (χ0n) is 12.8. The molecule has 0 radical (unpaired) electrons. The number of hydrogen-bond donors (Lipinski definition) is 1. The minimum Gasteiger partial charge on any atom is -0.382 e. The maximum absolute atomic E-state index is 12.3. The Bertz CT molecular complexity index is 771. The largest absolute Gasteiger partial charge is 0.382 e. The Hall–Kier alpha value is -2.41. The van der Waals surface area contributed by atoms with Gasteiger partial charge in [-0.15, -0.1) is 0 Å². The van der Waals surface area contributed by atoms with Crippen LogP contribution in [0.2, 0.25) is 5.15 Å². The summed E-state index contributed by atoms with van der Waals surface area (Å²) in [4.78, 5) is 21.5. The highest BCUT2D eigenvalue weighted by atomic mass is 35.5. The normalized spacial score (nSPS) is 16.8. The molecule has 0 unspecified atom stereocenters. The van der Waals surface area contributed by atoms with Crippen LogP contribution in [0.15, 0.2) is 29.7 Å². The number of aryl methyl sites for hydroxylation is 1. The van der Waals surface area contributed by atoms with Crippen molar-refractivity contribution in [3.63, 3.8) is 0 Å². The first kappa shape index (κ1) is 15.5. The lowest BCUT2D eigenvalue weighted by molar-refractivity contribution is -0.125. The first-order chi connectivity index (χ1) is 11.1. The Morgan fingerprint density at radius 3 is 3.09 bits per heavy atom. The second-order valence-corrected chi connectivity index (χ2v) is 5.48. The molecule has 2 aromatic rings. The Morgan fingerprint density at radius 2 is 2.39 bits per heavy atom. The Kier molecular flexibility index (Phi) is 4.29. The van der Waals surface area contributed by atoms with Crippen LogP contribution in [0, 0.1) is 6.92 Å². The van der Waals surface area contributed by atoms with Crippen LogP contribution < -0.4 is 5.32 Å². The molecule has 0 saturated heterocycles. The minimum atomic E-state index is -0.689. The molecule has 1 aliphatic heterocycles. The fourth-order valence-electron chi connectivity index (χ4n) is 2.42. The van der Waals surface area contributed by atoms with Crippen LogP contribution in [-0.4, -0.2) is 32.5 Å². The highest BCUT2D eigenvalue weighted by Gasteiger charge is 2.30. The van der Waals surface area contributed by atoms with E-state index in [2.05, 4.69) is 20.6 Å². The van der Waals surface area contributed by atoms with Crippen LogP contribution >= 0.6 is 11.6 Å². The molecule has 0 fully saturated rings. The summed E-state index contributed by atoms with van der Waals surface area (Å²) >= 11 is 5.93. The van der Waals surface area contributed by atoms with Gasteiger partial charge in [0.2, 0.25) is 6.10 Å². The lowest BCUT2D eigenvalue weighted by Crippen LogP contribution is -2.28. The average molecular weight is 334 g/mol. The van der Waals surface area contributed by atoms with E-state index < -0.39 is 6.10 Å². The molecule has 3 rings (SSSR count). The molecule has 23 heavy (non-hydrogen) atoms. The van der Waals surface area contributed by atoms with Crippen LogP contribution in [0.5, 0.6) is 0 Å². The number of nitrogens with one attached hydrogen (secondary N) is 1. The summed E-state index contributed by atoms with van der Waals surface area (Å²) in [6.07, 6.45) is 3.00. The first-order valence-corrected chi connectivity index (χ1v) is 7.64. The van der Waals surface area contributed by atoms with Gasteiger partial charge in [-0.05, 0) is 26.0 Å². The van der Waals surface area contributed by atoms with Crippen molar-refractivity contribution in [2.75, 3.05) is 5.32 Å². The summed E-state index contributed by atoms with van der Waals surface area (Å²) in [5, 5.41) is 11.3. The molecule has 0 saturated carbocycles. The topological polar surface area (TPSA) is 81.4 Å². The summed E-state index contributed by atoms with van der Waals surface area (Å²) < 4.78 is 1.88. The van der Waals surface area contributed by atoms with Gasteiger partial charge in [0.1, 0.15) is 0 Å². The highest BCUT2D eigenvalue weighted by Crippen LogP contribution is 2.22. The van der Waals surface area contributed by atoms with Crippen molar-refractivity contribution in [2.45, 2.75) is 32.9 Å². The number of amides is 1.